The zero-order valence-electron chi connectivity index (χ0n) is 20.7. The Morgan fingerprint density at radius 3 is 2.75 bits per heavy atom. The van der Waals surface area contributed by atoms with Gasteiger partial charge in [-0.25, -0.2) is 0 Å². The summed E-state index contributed by atoms with van der Waals surface area (Å²) >= 11 is 12.2. The molecule has 0 radical (unpaired) electrons. The zero-order valence-corrected chi connectivity index (χ0v) is 22.2. The zero-order chi connectivity index (χ0) is 25.4. The third-order valence-electron chi connectivity index (χ3n) is 9.05. The molecule has 0 N–H and O–H groups in total. The van der Waals surface area contributed by atoms with Crippen molar-refractivity contribution in [2.75, 3.05) is 20.6 Å². The van der Waals surface area contributed by atoms with Crippen molar-refractivity contribution in [2.45, 2.75) is 62.6 Å². The molecule has 4 aliphatic rings. The number of esters is 1. The standard InChI is InChI=1S/C28H30Cl2N2O4/c1-15(33)35-23-8-9-24-26-17(23)14-22-18-5-7-21(27(36-24)28(18,26)10-11-31(22)2)32(3)25(34)13-16-4-6-19(29)20(30)12-16/h4,6,8-9,12,18,21-22,27H,5,7,10-11,13-14H2,1-3H3/t18-,21-,22+,27-,28-/m0/s1. The van der Waals surface area contributed by atoms with Crippen LogP contribution in [-0.2, 0) is 27.8 Å². The molecule has 0 unspecified atom stereocenters. The molecule has 1 saturated carbocycles. The SMILES string of the molecule is CC(=O)Oc1ccc2c3c1C[C@@H]1[C@@H]4CC[C@H](N(C)C(=O)Cc5ccc(Cl)c(Cl)c5)[C@H](O2)[C@]34CCN1C. The number of rotatable bonds is 4. The molecule has 0 aromatic heterocycles. The molecule has 8 heteroatoms. The van der Waals surface area contributed by atoms with Crippen molar-refractivity contribution < 1.29 is 19.1 Å². The molecule has 5 atom stereocenters. The van der Waals surface area contributed by atoms with Crippen LogP contribution in [0.4, 0.5) is 0 Å². The van der Waals surface area contributed by atoms with Gasteiger partial charge in [0.15, 0.2) is 0 Å². The molecule has 2 bridgehead atoms. The average Bonchev–Trinajstić information content (AvgIpc) is 3.17. The van der Waals surface area contributed by atoms with Gasteiger partial charge in [-0.05, 0) is 75.0 Å². The lowest BCUT2D eigenvalue weighted by atomic mass is 9.51. The summed E-state index contributed by atoms with van der Waals surface area (Å²) in [6.07, 6.45) is 3.86. The molecule has 1 saturated heterocycles. The molecule has 2 aliphatic carbocycles. The highest BCUT2D eigenvalue weighted by Gasteiger charge is 2.66. The van der Waals surface area contributed by atoms with Crippen LogP contribution in [0.25, 0.3) is 0 Å². The van der Waals surface area contributed by atoms with Crippen LogP contribution < -0.4 is 9.47 Å². The highest BCUT2D eigenvalue weighted by atomic mass is 35.5. The van der Waals surface area contributed by atoms with E-state index in [1.807, 2.05) is 30.1 Å². The molecule has 2 aromatic rings. The van der Waals surface area contributed by atoms with E-state index in [0.717, 1.165) is 49.1 Å². The van der Waals surface area contributed by atoms with Crippen molar-refractivity contribution in [3.8, 4) is 11.5 Å². The lowest BCUT2D eigenvalue weighted by Crippen LogP contribution is -2.68. The van der Waals surface area contributed by atoms with Crippen LogP contribution in [0.15, 0.2) is 30.3 Å². The minimum absolute atomic E-state index is 0.0360. The Balaban J connectivity index is 1.36. The molecule has 1 spiro atoms. The summed E-state index contributed by atoms with van der Waals surface area (Å²) in [7, 11) is 4.09. The second-order valence-electron chi connectivity index (χ2n) is 10.8. The van der Waals surface area contributed by atoms with Crippen molar-refractivity contribution in [1.29, 1.82) is 0 Å². The number of amides is 1. The van der Waals surface area contributed by atoms with Crippen LogP contribution in [-0.4, -0.2) is 60.5 Å². The van der Waals surface area contributed by atoms with Crippen molar-refractivity contribution in [3.63, 3.8) is 0 Å². The lowest BCUT2D eigenvalue weighted by molar-refractivity contribution is -0.139. The van der Waals surface area contributed by atoms with E-state index in [-0.39, 0.29) is 35.9 Å². The van der Waals surface area contributed by atoms with Gasteiger partial charge in [-0.2, -0.15) is 0 Å². The monoisotopic (exact) mass is 528 g/mol. The maximum Gasteiger partial charge on any atom is 0.308 e. The Labute approximate surface area is 221 Å². The van der Waals surface area contributed by atoms with Gasteiger partial charge in [0.25, 0.3) is 0 Å². The molecule has 2 aliphatic heterocycles. The molecular weight excluding hydrogens is 499 g/mol. The summed E-state index contributed by atoms with van der Waals surface area (Å²) < 4.78 is 12.4. The number of halogens is 2. The van der Waals surface area contributed by atoms with Crippen LogP contribution in [0, 0.1) is 5.92 Å². The smallest absolute Gasteiger partial charge is 0.308 e. The average molecular weight is 529 g/mol. The highest BCUT2D eigenvalue weighted by molar-refractivity contribution is 6.42. The first-order chi connectivity index (χ1) is 17.2. The number of hydrogen-bond acceptors (Lipinski definition) is 5. The second kappa shape index (κ2) is 8.64. The Morgan fingerprint density at radius 2 is 2.00 bits per heavy atom. The predicted octanol–water partition coefficient (Wildman–Crippen LogP) is 4.66. The fraction of sp³-hybridized carbons (Fsp3) is 0.500. The van der Waals surface area contributed by atoms with E-state index >= 15 is 0 Å². The van der Waals surface area contributed by atoms with Crippen LogP contribution in [0.1, 0.15) is 42.9 Å². The molecule has 2 aromatic carbocycles. The number of likely N-dealkylation sites (tertiary alicyclic amines) is 1. The number of ether oxygens (including phenoxy) is 2. The summed E-state index contributed by atoms with van der Waals surface area (Å²) in [6, 6.07) is 9.48. The molecule has 2 fully saturated rings. The van der Waals surface area contributed by atoms with Crippen LogP contribution in [0.3, 0.4) is 0 Å². The Morgan fingerprint density at radius 1 is 1.19 bits per heavy atom. The molecule has 6 nitrogen and oxygen atoms in total. The number of benzene rings is 2. The largest absolute Gasteiger partial charge is 0.487 e. The summed E-state index contributed by atoms with van der Waals surface area (Å²) in [5, 5.41) is 0.933. The lowest BCUT2D eigenvalue weighted by Gasteiger charge is -2.59. The van der Waals surface area contributed by atoms with Gasteiger partial charge < -0.3 is 19.3 Å². The first-order valence-corrected chi connectivity index (χ1v) is 13.4. The summed E-state index contributed by atoms with van der Waals surface area (Å²) in [6.45, 7) is 2.42. The first-order valence-electron chi connectivity index (χ1n) is 12.6. The number of hydrogen-bond donors (Lipinski definition) is 0. The summed E-state index contributed by atoms with van der Waals surface area (Å²) in [4.78, 5) is 29.7. The second-order valence-corrected chi connectivity index (χ2v) is 11.6. The van der Waals surface area contributed by atoms with Crippen molar-refractivity contribution in [1.82, 2.24) is 9.80 Å². The number of piperidine rings is 1. The Kier molecular flexibility index (Phi) is 5.78. The van der Waals surface area contributed by atoms with E-state index < -0.39 is 0 Å². The number of carbonyl (C=O) groups excluding carboxylic acids is 2. The topological polar surface area (TPSA) is 59.1 Å². The van der Waals surface area contributed by atoms with Gasteiger partial charge in [0.05, 0.1) is 22.5 Å². The molecule has 1 amide bonds. The third kappa shape index (κ3) is 3.48. The van der Waals surface area contributed by atoms with E-state index in [1.54, 1.807) is 12.1 Å². The molecule has 6 rings (SSSR count). The summed E-state index contributed by atoms with van der Waals surface area (Å²) in [5.74, 6) is 1.70. The van der Waals surface area contributed by atoms with E-state index in [1.165, 1.54) is 12.5 Å². The minimum Gasteiger partial charge on any atom is -0.487 e. The van der Waals surface area contributed by atoms with E-state index in [0.29, 0.717) is 27.8 Å². The van der Waals surface area contributed by atoms with Gasteiger partial charge in [-0.15, -0.1) is 0 Å². The summed E-state index contributed by atoms with van der Waals surface area (Å²) in [5.41, 5.74) is 2.98. The van der Waals surface area contributed by atoms with Gasteiger partial charge in [-0.3, -0.25) is 9.59 Å². The first kappa shape index (κ1) is 24.1. The van der Waals surface area contributed by atoms with Crippen LogP contribution in [0.5, 0.6) is 11.5 Å². The van der Waals surface area contributed by atoms with E-state index in [9.17, 15) is 9.59 Å². The fourth-order valence-electron chi connectivity index (χ4n) is 7.49. The fourth-order valence-corrected chi connectivity index (χ4v) is 7.81. The maximum absolute atomic E-state index is 13.5. The Hall–Kier alpha value is -2.28. The normalized spacial score (nSPS) is 29.8. The van der Waals surface area contributed by atoms with Gasteiger partial charge in [0.2, 0.25) is 5.91 Å². The number of carbonyl (C=O) groups is 2. The van der Waals surface area contributed by atoms with Gasteiger partial charge in [-0.1, -0.05) is 29.3 Å². The molecular formula is C28H30Cl2N2O4. The molecule has 190 valence electrons. The minimum atomic E-state index is -0.311. The number of nitrogens with zero attached hydrogens (tertiary/aromatic N) is 2. The number of likely N-dealkylation sites (N-methyl/N-ethyl adjacent to an activating group) is 2. The maximum atomic E-state index is 13.5. The van der Waals surface area contributed by atoms with Crippen molar-refractivity contribution in [3.05, 3.63) is 57.1 Å². The van der Waals surface area contributed by atoms with Crippen LogP contribution >= 0.6 is 23.2 Å². The van der Waals surface area contributed by atoms with Crippen molar-refractivity contribution >= 4 is 35.1 Å². The van der Waals surface area contributed by atoms with Gasteiger partial charge in [0, 0.05) is 36.6 Å². The quantitative estimate of drug-likeness (QED) is 0.426. The van der Waals surface area contributed by atoms with Crippen molar-refractivity contribution in [2.24, 2.45) is 5.92 Å². The van der Waals surface area contributed by atoms with Crippen LogP contribution in [0.2, 0.25) is 10.0 Å². The predicted molar refractivity (Wildman–Crippen MR) is 138 cm³/mol. The molecule has 2 heterocycles. The molecule has 36 heavy (non-hydrogen) atoms. The van der Waals surface area contributed by atoms with E-state index in [2.05, 4.69) is 11.9 Å². The van der Waals surface area contributed by atoms with Gasteiger partial charge in [0.1, 0.15) is 17.6 Å². The third-order valence-corrected chi connectivity index (χ3v) is 9.79. The van der Waals surface area contributed by atoms with E-state index in [4.69, 9.17) is 32.7 Å². The van der Waals surface area contributed by atoms with Gasteiger partial charge >= 0.3 is 5.97 Å². The Bertz CT molecular complexity index is 1270. The highest BCUT2D eigenvalue weighted by Crippen LogP contribution is 2.63.